The number of aryl methyl sites for hydroxylation is 2. The molecule has 0 amide bonds. The maximum Gasteiger partial charge on any atom is 0.240 e. The molecule has 0 heterocycles. The van der Waals surface area contributed by atoms with Gasteiger partial charge in [0.1, 0.15) is 5.75 Å². The van der Waals surface area contributed by atoms with Crippen LogP contribution in [0.25, 0.3) is 0 Å². The van der Waals surface area contributed by atoms with E-state index < -0.39 is 10.0 Å². The predicted molar refractivity (Wildman–Crippen MR) is 115 cm³/mol. The van der Waals surface area contributed by atoms with Crippen LogP contribution in [0.5, 0.6) is 17.2 Å². The Labute approximate surface area is 174 Å². The first-order valence-electron chi connectivity index (χ1n) is 9.62. The van der Waals surface area contributed by atoms with Gasteiger partial charge < -0.3 is 14.2 Å². The van der Waals surface area contributed by atoms with E-state index in [-0.39, 0.29) is 5.92 Å². The lowest BCUT2D eigenvalue weighted by molar-refractivity contribution is 0.354. The molecule has 0 radical (unpaired) electrons. The third-order valence-corrected chi connectivity index (χ3v) is 6.42. The van der Waals surface area contributed by atoms with Crippen molar-refractivity contribution in [2.45, 2.75) is 44.4 Å². The largest absolute Gasteiger partial charge is 0.496 e. The van der Waals surface area contributed by atoms with Gasteiger partial charge in [0, 0.05) is 6.54 Å². The summed E-state index contributed by atoms with van der Waals surface area (Å²) in [5.74, 6) is 2.21. The fourth-order valence-electron chi connectivity index (χ4n) is 3.21. The zero-order valence-corrected chi connectivity index (χ0v) is 18.9. The first-order chi connectivity index (χ1) is 13.7. The lowest BCUT2D eigenvalue weighted by atomic mass is 10.0. The Balaban J connectivity index is 2.06. The molecular weight excluding hydrogens is 390 g/mol. The van der Waals surface area contributed by atoms with Crippen molar-refractivity contribution in [2.24, 2.45) is 0 Å². The zero-order valence-electron chi connectivity index (χ0n) is 18.0. The van der Waals surface area contributed by atoms with Gasteiger partial charge in [-0.05, 0) is 66.6 Å². The van der Waals surface area contributed by atoms with E-state index in [0.717, 1.165) is 17.5 Å². The highest BCUT2D eigenvalue weighted by Gasteiger charge is 2.20. The number of hydrogen-bond donors (Lipinski definition) is 1. The summed E-state index contributed by atoms with van der Waals surface area (Å²) in [6, 6.07) is 9.23. The molecule has 2 aromatic rings. The van der Waals surface area contributed by atoms with Crippen LogP contribution in [0, 0.1) is 6.92 Å². The van der Waals surface area contributed by atoms with Gasteiger partial charge in [-0.2, -0.15) is 0 Å². The molecule has 0 saturated heterocycles. The molecule has 2 rings (SSSR count). The molecule has 1 N–H and O–H groups in total. The third kappa shape index (κ3) is 5.64. The second kappa shape index (κ2) is 9.98. The zero-order chi connectivity index (χ0) is 21.6. The Morgan fingerprint density at radius 2 is 1.59 bits per heavy atom. The summed E-state index contributed by atoms with van der Waals surface area (Å²) < 4.78 is 44.3. The Bertz CT molecular complexity index is 938. The van der Waals surface area contributed by atoms with Crippen LogP contribution in [0.15, 0.2) is 35.2 Å². The lowest BCUT2D eigenvalue weighted by Gasteiger charge is -2.16. The summed E-state index contributed by atoms with van der Waals surface area (Å²) in [5, 5.41) is 0. The van der Waals surface area contributed by atoms with Gasteiger partial charge in [0.2, 0.25) is 10.0 Å². The number of hydrogen-bond acceptors (Lipinski definition) is 5. The van der Waals surface area contributed by atoms with Crippen LogP contribution in [0.3, 0.4) is 0 Å². The number of nitrogens with one attached hydrogen (secondary N) is 1. The molecule has 160 valence electrons. The van der Waals surface area contributed by atoms with Crippen molar-refractivity contribution < 1.29 is 22.6 Å². The minimum absolute atomic E-state index is 0.157. The molecule has 0 atom stereocenters. The smallest absolute Gasteiger partial charge is 0.240 e. The molecule has 0 saturated carbocycles. The van der Waals surface area contributed by atoms with Gasteiger partial charge in [0.25, 0.3) is 0 Å². The maximum absolute atomic E-state index is 12.8. The molecule has 6 nitrogen and oxygen atoms in total. The monoisotopic (exact) mass is 421 g/mol. The van der Waals surface area contributed by atoms with E-state index in [1.54, 1.807) is 40.4 Å². The Hall–Kier alpha value is -2.25. The molecule has 0 fully saturated rings. The number of sulfonamides is 1. The van der Waals surface area contributed by atoms with Crippen molar-refractivity contribution in [3.63, 3.8) is 0 Å². The number of ether oxygens (including phenoxy) is 3. The average Bonchev–Trinajstić information content (AvgIpc) is 2.70. The SMILES string of the molecule is COc1ccc(CCCNS(=O)(=O)c2cc(C(C)C)c(OC)cc2C)cc1OC. The summed E-state index contributed by atoms with van der Waals surface area (Å²) in [7, 11) is 1.19. The molecule has 0 aliphatic rings. The summed E-state index contributed by atoms with van der Waals surface area (Å²) in [6.45, 7) is 6.16. The van der Waals surface area contributed by atoms with Gasteiger partial charge in [-0.25, -0.2) is 13.1 Å². The van der Waals surface area contributed by atoms with E-state index in [2.05, 4.69) is 4.72 Å². The molecule has 0 aromatic heterocycles. The van der Waals surface area contributed by atoms with Gasteiger partial charge in [-0.1, -0.05) is 19.9 Å². The van der Waals surface area contributed by atoms with Crippen molar-refractivity contribution in [2.75, 3.05) is 27.9 Å². The summed E-state index contributed by atoms with van der Waals surface area (Å²) in [5.41, 5.74) is 2.60. The number of methoxy groups -OCH3 is 3. The fourth-order valence-corrected chi connectivity index (χ4v) is 4.54. The fraction of sp³-hybridized carbons (Fsp3) is 0.455. The van der Waals surface area contributed by atoms with Crippen molar-refractivity contribution in [1.82, 2.24) is 4.72 Å². The molecule has 0 unspecified atom stereocenters. The van der Waals surface area contributed by atoms with Crippen LogP contribution >= 0.6 is 0 Å². The average molecular weight is 422 g/mol. The first-order valence-corrected chi connectivity index (χ1v) is 11.1. The lowest BCUT2D eigenvalue weighted by Crippen LogP contribution is -2.26. The topological polar surface area (TPSA) is 73.9 Å². The van der Waals surface area contributed by atoms with E-state index in [1.165, 1.54) is 0 Å². The highest BCUT2D eigenvalue weighted by Crippen LogP contribution is 2.31. The summed E-state index contributed by atoms with van der Waals surface area (Å²) in [6.07, 6.45) is 1.39. The predicted octanol–water partition coefficient (Wildman–Crippen LogP) is 4.06. The van der Waals surface area contributed by atoms with Crippen LogP contribution < -0.4 is 18.9 Å². The van der Waals surface area contributed by atoms with E-state index >= 15 is 0 Å². The Kier molecular flexibility index (Phi) is 7.93. The van der Waals surface area contributed by atoms with E-state index in [0.29, 0.717) is 40.7 Å². The quantitative estimate of drug-likeness (QED) is 0.586. The van der Waals surface area contributed by atoms with Crippen molar-refractivity contribution in [3.05, 3.63) is 47.0 Å². The van der Waals surface area contributed by atoms with Crippen molar-refractivity contribution in [3.8, 4) is 17.2 Å². The highest BCUT2D eigenvalue weighted by molar-refractivity contribution is 7.89. The molecular formula is C22H31NO5S. The first kappa shape index (κ1) is 23.0. The molecule has 0 spiro atoms. The van der Waals surface area contributed by atoms with E-state index in [4.69, 9.17) is 14.2 Å². The van der Waals surface area contributed by atoms with Gasteiger partial charge in [0.15, 0.2) is 11.5 Å². The van der Waals surface area contributed by atoms with Gasteiger partial charge in [0.05, 0.1) is 26.2 Å². The van der Waals surface area contributed by atoms with Crippen LogP contribution in [0.2, 0.25) is 0 Å². The van der Waals surface area contributed by atoms with Crippen LogP contribution in [0.1, 0.15) is 42.9 Å². The molecule has 0 aliphatic carbocycles. The van der Waals surface area contributed by atoms with Crippen molar-refractivity contribution in [1.29, 1.82) is 0 Å². The molecule has 29 heavy (non-hydrogen) atoms. The van der Waals surface area contributed by atoms with Crippen LogP contribution in [-0.4, -0.2) is 36.3 Å². The molecule has 2 aromatic carbocycles. The molecule has 0 bridgehead atoms. The minimum Gasteiger partial charge on any atom is -0.496 e. The molecule has 7 heteroatoms. The standard InChI is InChI=1S/C22H31NO5S/c1-15(2)18-14-22(16(3)12-20(18)27-5)29(24,25)23-11-7-8-17-9-10-19(26-4)21(13-17)28-6/h9-10,12-15,23H,7-8,11H2,1-6H3. The highest BCUT2D eigenvalue weighted by atomic mass is 32.2. The molecule has 0 aliphatic heterocycles. The maximum atomic E-state index is 12.8. The van der Waals surface area contributed by atoms with Gasteiger partial charge in [-0.3, -0.25) is 0 Å². The van der Waals surface area contributed by atoms with Gasteiger partial charge >= 0.3 is 0 Å². The summed E-state index contributed by atoms with van der Waals surface area (Å²) >= 11 is 0. The van der Waals surface area contributed by atoms with Crippen LogP contribution in [0.4, 0.5) is 0 Å². The number of rotatable bonds is 10. The Morgan fingerprint density at radius 1 is 0.931 bits per heavy atom. The Morgan fingerprint density at radius 3 is 2.17 bits per heavy atom. The van der Waals surface area contributed by atoms with Crippen molar-refractivity contribution >= 4 is 10.0 Å². The van der Waals surface area contributed by atoms with Crippen LogP contribution in [-0.2, 0) is 16.4 Å². The van der Waals surface area contributed by atoms with E-state index in [9.17, 15) is 8.42 Å². The van der Waals surface area contributed by atoms with E-state index in [1.807, 2.05) is 32.0 Å². The second-order valence-corrected chi connectivity index (χ2v) is 8.94. The van der Waals surface area contributed by atoms with Gasteiger partial charge in [-0.15, -0.1) is 0 Å². The normalized spacial score (nSPS) is 11.6. The second-order valence-electron chi connectivity index (χ2n) is 7.21. The third-order valence-electron chi connectivity index (χ3n) is 4.82. The summed E-state index contributed by atoms with van der Waals surface area (Å²) in [4.78, 5) is 0.299. The number of benzene rings is 2. The minimum atomic E-state index is -3.60.